The van der Waals surface area contributed by atoms with Crippen LogP contribution in [0.1, 0.15) is 16.8 Å². The Kier molecular flexibility index (Phi) is 7.40. The molecule has 0 aliphatic heterocycles. The lowest BCUT2D eigenvalue weighted by atomic mass is 10.1. The highest BCUT2D eigenvalue weighted by molar-refractivity contribution is 7.90. The molecule has 2 aromatic heterocycles. The number of benzene rings is 1. The second-order valence-electron chi connectivity index (χ2n) is 5.46. The van der Waals surface area contributed by atoms with Gasteiger partial charge >= 0.3 is 5.16 Å². The number of hydrogen-bond acceptors (Lipinski definition) is 5. The standard InChI is InChI=1S/C17H19N3O3S.2H2O/c1-10-8-18-15(11(2)16(10)23-4)9-24(21)17-19-13-6-5-12(22-3)7-14(13)20-17;;/h5-8H,9H2,1-4H3,(H,19,20);2*1H2/t24-;;/m0../s1. The van der Waals surface area contributed by atoms with Crippen molar-refractivity contribution in [3.8, 4) is 11.5 Å². The molecule has 0 saturated heterocycles. The molecular weight excluding hydrogens is 358 g/mol. The maximum absolute atomic E-state index is 12.7. The molecular formula is C17H23N3O5S. The highest BCUT2D eigenvalue weighted by Gasteiger charge is 2.21. The zero-order valence-electron chi connectivity index (χ0n) is 15.0. The van der Waals surface area contributed by atoms with Crippen molar-refractivity contribution in [3.63, 3.8) is 0 Å². The molecule has 0 radical (unpaired) electrons. The van der Waals surface area contributed by atoms with Crippen LogP contribution in [0.15, 0.2) is 29.6 Å². The summed E-state index contributed by atoms with van der Waals surface area (Å²) in [5, 5.41) is 0.430. The monoisotopic (exact) mass is 381 g/mol. The number of ether oxygens (including phenoxy) is 2. The molecule has 9 heteroatoms. The highest BCUT2D eigenvalue weighted by Crippen LogP contribution is 2.27. The number of pyridine rings is 1. The number of nitrogens with zero attached hydrogens (tertiary/aromatic N) is 2. The van der Waals surface area contributed by atoms with Crippen LogP contribution in [0.4, 0.5) is 0 Å². The van der Waals surface area contributed by atoms with Gasteiger partial charge in [-0.1, -0.05) is 0 Å². The largest absolute Gasteiger partial charge is 0.609 e. The summed E-state index contributed by atoms with van der Waals surface area (Å²) in [6, 6.07) is 5.51. The predicted molar refractivity (Wildman–Crippen MR) is 100 cm³/mol. The summed E-state index contributed by atoms with van der Waals surface area (Å²) in [6.45, 7) is 3.86. The van der Waals surface area contributed by atoms with Crippen molar-refractivity contribution in [2.75, 3.05) is 14.2 Å². The van der Waals surface area contributed by atoms with E-state index in [0.29, 0.717) is 10.9 Å². The molecule has 1 aromatic carbocycles. The average Bonchev–Trinajstić information content (AvgIpc) is 3.01. The SMILES string of the molecule is COc1ccc2[nH]c([S@@+]([O-])Cc3ncc(C)c(OC)c3C)nc2c1.O.O. The summed E-state index contributed by atoms with van der Waals surface area (Å²) in [5.74, 6) is 1.78. The van der Waals surface area contributed by atoms with Crippen molar-refractivity contribution in [1.29, 1.82) is 0 Å². The summed E-state index contributed by atoms with van der Waals surface area (Å²) < 4.78 is 23.3. The van der Waals surface area contributed by atoms with Crippen molar-refractivity contribution in [2.45, 2.75) is 24.8 Å². The van der Waals surface area contributed by atoms with Gasteiger partial charge in [-0.3, -0.25) is 9.97 Å². The lowest BCUT2D eigenvalue weighted by molar-refractivity contribution is 0.407. The topological polar surface area (TPSA) is 146 Å². The third-order valence-corrected chi connectivity index (χ3v) is 5.06. The first-order chi connectivity index (χ1) is 11.5. The molecule has 0 saturated carbocycles. The molecule has 0 aliphatic rings. The van der Waals surface area contributed by atoms with Crippen LogP contribution in [0.5, 0.6) is 11.5 Å². The van der Waals surface area contributed by atoms with Crippen molar-refractivity contribution < 1.29 is 25.0 Å². The van der Waals surface area contributed by atoms with Gasteiger partial charge in [-0.2, -0.15) is 4.98 Å². The normalized spacial score (nSPS) is 11.4. The number of hydrogen-bond donors (Lipinski definition) is 1. The average molecular weight is 381 g/mol. The van der Waals surface area contributed by atoms with Crippen LogP contribution in [0.25, 0.3) is 11.0 Å². The number of methoxy groups -OCH3 is 2. The molecule has 3 rings (SSSR count). The molecule has 26 heavy (non-hydrogen) atoms. The van der Waals surface area contributed by atoms with E-state index in [2.05, 4.69) is 15.0 Å². The first-order valence-electron chi connectivity index (χ1n) is 7.44. The van der Waals surface area contributed by atoms with E-state index in [9.17, 15) is 4.55 Å². The first kappa shape index (κ1) is 21.7. The molecule has 0 fully saturated rings. The Morgan fingerprint density at radius 3 is 2.54 bits per heavy atom. The van der Waals surface area contributed by atoms with Gasteiger partial charge in [0.2, 0.25) is 0 Å². The van der Waals surface area contributed by atoms with Gasteiger partial charge in [0.1, 0.15) is 11.5 Å². The number of H-pyrrole nitrogens is 1. The Hall–Kier alpha value is -2.33. The molecule has 142 valence electrons. The van der Waals surface area contributed by atoms with Crippen LogP contribution in [0.2, 0.25) is 0 Å². The van der Waals surface area contributed by atoms with Crippen LogP contribution in [0, 0.1) is 13.8 Å². The number of aryl methyl sites for hydroxylation is 1. The molecule has 0 spiro atoms. The van der Waals surface area contributed by atoms with E-state index >= 15 is 0 Å². The minimum Gasteiger partial charge on any atom is -0.609 e. The van der Waals surface area contributed by atoms with Gasteiger partial charge in [-0.15, -0.1) is 0 Å². The third kappa shape index (κ3) is 4.07. The molecule has 0 aliphatic carbocycles. The van der Waals surface area contributed by atoms with E-state index in [4.69, 9.17) is 9.47 Å². The van der Waals surface area contributed by atoms with Crippen LogP contribution in [0.3, 0.4) is 0 Å². The molecule has 8 nitrogen and oxygen atoms in total. The number of imidazole rings is 1. The van der Waals surface area contributed by atoms with Gasteiger partial charge in [0.25, 0.3) is 0 Å². The van der Waals surface area contributed by atoms with Crippen LogP contribution >= 0.6 is 0 Å². The van der Waals surface area contributed by atoms with Crippen molar-refractivity contribution in [3.05, 3.63) is 41.2 Å². The van der Waals surface area contributed by atoms with E-state index in [1.165, 1.54) is 0 Å². The van der Waals surface area contributed by atoms with Crippen molar-refractivity contribution in [1.82, 2.24) is 15.0 Å². The second-order valence-corrected chi connectivity index (χ2v) is 6.83. The number of rotatable bonds is 5. The predicted octanol–water partition coefficient (Wildman–Crippen LogP) is 1.25. The van der Waals surface area contributed by atoms with Gasteiger partial charge < -0.3 is 25.0 Å². The zero-order chi connectivity index (χ0) is 17.3. The molecule has 0 unspecified atom stereocenters. The molecule has 2 heterocycles. The summed E-state index contributed by atoms with van der Waals surface area (Å²) in [7, 11) is 3.23. The molecule has 1 atom stereocenters. The minimum absolute atomic E-state index is 0. The Labute approximate surface area is 154 Å². The zero-order valence-corrected chi connectivity index (χ0v) is 15.9. The third-order valence-electron chi connectivity index (χ3n) is 3.90. The number of fused-ring (bicyclic) bond motifs is 1. The maximum Gasteiger partial charge on any atom is 0.322 e. The van der Waals surface area contributed by atoms with E-state index < -0.39 is 11.2 Å². The van der Waals surface area contributed by atoms with E-state index in [1.54, 1.807) is 20.4 Å². The van der Waals surface area contributed by atoms with Crippen LogP contribution < -0.4 is 9.47 Å². The van der Waals surface area contributed by atoms with E-state index in [1.807, 2.05) is 32.0 Å². The summed E-state index contributed by atoms with van der Waals surface area (Å²) in [6.07, 6.45) is 1.74. The van der Waals surface area contributed by atoms with Gasteiger partial charge in [0.15, 0.2) is 5.75 Å². The fraction of sp³-hybridized carbons (Fsp3) is 0.294. The maximum atomic E-state index is 12.7. The summed E-state index contributed by atoms with van der Waals surface area (Å²) >= 11 is -1.33. The lowest BCUT2D eigenvalue weighted by Crippen LogP contribution is -2.10. The smallest absolute Gasteiger partial charge is 0.322 e. The fourth-order valence-corrected chi connectivity index (χ4v) is 3.71. The second kappa shape index (κ2) is 8.86. The van der Waals surface area contributed by atoms with Gasteiger partial charge in [-0.25, -0.2) is 0 Å². The molecule has 0 amide bonds. The Morgan fingerprint density at radius 1 is 1.15 bits per heavy atom. The van der Waals surface area contributed by atoms with E-state index in [-0.39, 0.29) is 16.7 Å². The highest BCUT2D eigenvalue weighted by atomic mass is 32.2. The molecule has 5 N–H and O–H groups in total. The number of aromatic amines is 1. The lowest BCUT2D eigenvalue weighted by Gasteiger charge is -2.13. The summed E-state index contributed by atoms with van der Waals surface area (Å²) in [5.41, 5.74) is 4.16. The van der Waals surface area contributed by atoms with Crippen molar-refractivity contribution >= 4 is 22.2 Å². The van der Waals surface area contributed by atoms with Gasteiger partial charge in [-0.05, 0) is 26.0 Å². The number of nitrogens with one attached hydrogen (secondary N) is 1. The van der Waals surface area contributed by atoms with E-state index in [0.717, 1.165) is 33.6 Å². The fourth-order valence-electron chi connectivity index (χ4n) is 2.61. The Balaban J connectivity index is 0.00000169. The number of aromatic nitrogens is 3. The Morgan fingerprint density at radius 2 is 1.88 bits per heavy atom. The minimum atomic E-state index is -1.33. The quantitative estimate of drug-likeness (QED) is 0.661. The molecule has 3 aromatic rings. The van der Waals surface area contributed by atoms with Gasteiger partial charge in [0.05, 0.1) is 30.9 Å². The molecule has 0 bridgehead atoms. The van der Waals surface area contributed by atoms with Crippen molar-refractivity contribution in [2.24, 2.45) is 0 Å². The van der Waals surface area contributed by atoms with Crippen LogP contribution in [-0.4, -0.2) is 44.7 Å². The van der Waals surface area contributed by atoms with Gasteiger partial charge in [0, 0.05) is 34.6 Å². The van der Waals surface area contributed by atoms with Crippen LogP contribution in [-0.2, 0) is 16.9 Å². The summed E-state index contributed by atoms with van der Waals surface area (Å²) in [4.78, 5) is 11.9. The Bertz CT molecular complexity index is 884. The first-order valence-corrected chi connectivity index (χ1v) is 8.76.